The molecule has 3 nitrogen and oxygen atoms in total. The molecule has 0 heterocycles. The average molecular weight is 320 g/mol. The predicted octanol–water partition coefficient (Wildman–Crippen LogP) is 3.78. The maximum atomic E-state index is 9.33. The molecule has 0 atom stereocenters. The molecule has 0 aliphatic rings. The summed E-state index contributed by atoms with van der Waals surface area (Å²) in [4.78, 5) is 0. The molecular weight excluding hydrogens is 298 g/mol. The fraction of sp³-hybridized carbons (Fsp3) is 0.333. The van der Waals surface area contributed by atoms with Crippen molar-refractivity contribution in [3.05, 3.63) is 64.7 Å². The molecule has 0 aliphatic carbocycles. The fourth-order valence-electron chi connectivity index (χ4n) is 1.95. The molecule has 0 bridgehead atoms. The van der Waals surface area contributed by atoms with Crippen LogP contribution in [0.4, 0.5) is 0 Å². The number of aliphatic hydroxyl groups is 1. The number of halogens is 1. The Morgan fingerprint density at radius 3 is 2.55 bits per heavy atom. The first-order valence-electron chi connectivity index (χ1n) is 7.31. The molecule has 0 amide bonds. The van der Waals surface area contributed by atoms with Gasteiger partial charge in [-0.25, -0.2) is 0 Å². The molecule has 0 unspecified atom stereocenters. The first kappa shape index (κ1) is 16.8. The van der Waals surface area contributed by atoms with Crippen molar-refractivity contribution < 1.29 is 9.84 Å². The average Bonchev–Trinajstić information content (AvgIpc) is 2.53. The van der Waals surface area contributed by atoms with Gasteiger partial charge in [-0.1, -0.05) is 41.9 Å². The van der Waals surface area contributed by atoms with Gasteiger partial charge < -0.3 is 15.2 Å². The molecule has 118 valence electrons. The zero-order chi connectivity index (χ0) is 16.0. The van der Waals surface area contributed by atoms with Gasteiger partial charge >= 0.3 is 0 Å². The second kappa shape index (κ2) is 7.63. The van der Waals surface area contributed by atoms with Gasteiger partial charge in [-0.2, -0.15) is 0 Å². The Balaban J connectivity index is 2.07. The van der Waals surface area contributed by atoms with Crippen LogP contribution < -0.4 is 10.1 Å². The Morgan fingerprint density at radius 1 is 1.14 bits per heavy atom. The van der Waals surface area contributed by atoms with E-state index in [1.165, 1.54) is 0 Å². The van der Waals surface area contributed by atoms with Gasteiger partial charge in [0.15, 0.2) is 0 Å². The van der Waals surface area contributed by atoms with Crippen LogP contribution in [0.5, 0.6) is 5.75 Å². The minimum absolute atomic E-state index is 0.0633. The molecule has 0 fully saturated rings. The minimum Gasteiger partial charge on any atom is -0.489 e. The summed E-state index contributed by atoms with van der Waals surface area (Å²) in [7, 11) is 0. The number of hydrogen-bond donors (Lipinski definition) is 2. The third-order valence-electron chi connectivity index (χ3n) is 3.41. The fourth-order valence-corrected chi connectivity index (χ4v) is 2.15. The van der Waals surface area contributed by atoms with Crippen LogP contribution in [-0.2, 0) is 13.2 Å². The monoisotopic (exact) mass is 319 g/mol. The van der Waals surface area contributed by atoms with Gasteiger partial charge in [-0.3, -0.25) is 0 Å². The van der Waals surface area contributed by atoms with Crippen LogP contribution in [0.1, 0.15) is 25.0 Å². The lowest BCUT2D eigenvalue weighted by Gasteiger charge is -2.24. The Bertz CT molecular complexity index is 599. The Hall–Kier alpha value is -1.55. The number of ether oxygens (including phenoxy) is 1. The summed E-state index contributed by atoms with van der Waals surface area (Å²) in [6.07, 6.45) is 0. The second-order valence-corrected chi connectivity index (χ2v) is 6.36. The van der Waals surface area contributed by atoms with E-state index >= 15 is 0 Å². The molecule has 2 aromatic carbocycles. The maximum absolute atomic E-state index is 9.33. The largest absolute Gasteiger partial charge is 0.489 e. The number of benzene rings is 2. The van der Waals surface area contributed by atoms with Gasteiger partial charge in [0.05, 0.1) is 6.61 Å². The second-order valence-electron chi connectivity index (χ2n) is 5.92. The van der Waals surface area contributed by atoms with E-state index in [0.29, 0.717) is 18.2 Å². The molecule has 0 spiro atoms. The quantitative estimate of drug-likeness (QED) is 0.816. The van der Waals surface area contributed by atoms with E-state index in [0.717, 1.165) is 16.9 Å². The van der Waals surface area contributed by atoms with Gasteiger partial charge in [-0.15, -0.1) is 0 Å². The van der Waals surface area contributed by atoms with Gasteiger partial charge in [0.2, 0.25) is 0 Å². The van der Waals surface area contributed by atoms with E-state index in [-0.39, 0.29) is 12.1 Å². The van der Waals surface area contributed by atoms with Crippen LogP contribution in [0.3, 0.4) is 0 Å². The summed E-state index contributed by atoms with van der Waals surface area (Å²) in [6.45, 7) is 5.05. The molecule has 22 heavy (non-hydrogen) atoms. The Morgan fingerprint density at radius 2 is 1.86 bits per heavy atom. The van der Waals surface area contributed by atoms with E-state index in [1.54, 1.807) is 0 Å². The Kier molecular flexibility index (Phi) is 5.83. The minimum atomic E-state index is -0.348. The van der Waals surface area contributed by atoms with Gasteiger partial charge in [-0.05, 0) is 37.6 Å². The summed E-state index contributed by atoms with van der Waals surface area (Å²) >= 11 is 6.09. The highest BCUT2D eigenvalue weighted by atomic mass is 35.5. The summed E-state index contributed by atoms with van der Waals surface area (Å²) in [5, 5.41) is 13.3. The van der Waals surface area contributed by atoms with Crippen LogP contribution in [0, 0.1) is 0 Å². The van der Waals surface area contributed by atoms with Crippen molar-refractivity contribution in [2.24, 2.45) is 0 Å². The highest BCUT2D eigenvalue weighted by Gasteiger charge is 2.16. The summed E-state index contributed by atoms with van der Waals surface area (Å²) in [6, 6.07) is 15.6. The van der Waals surface area contributed by atoms with Crippen molar-refractivity contribution >= 4 is 11.6 Å². The van der Waals surface area contributed by atoms with E-state index in [2.05, 4.69) is 5.32 Å². The predicted molar refractivity (Wildman–Crippen MR) is 90.2 cm³/mol. The highest BCUT2D eigenvalue weighted by Crippen LogP contribution is 2.24. The van der Waals surface area contributed by atoms with Gasteiger partial charge in [0.1, 0.15) is 12.4 Å². The molecular formula is C18H22ClNO2. The summed E-state index contributed by atoms with van der Waals surface area (Å²) in [5.74, 6) is 0.800. The highest BCUT2D eigenvalue weighted by molar-refractivity contribution is 6.30. The van der Waals surface area contributed by atoms with Crippen molar-refractivity contribution in [3.63, 3.8) is 0 Å². The zero-order valence-electron chi connectivity index (χ0n) is 13.0. The van der Waals surface area contributed by atoms with Crippen molar-refractivity contribution in [2.45, 2.75) is 32.5 Å². The molecule has 2 rings (SSSR count). The Labute approximate surface area is 136 Å². The smallest absolute Gasteiger partial charge is 0.124 e. The SMILES string of the molecule is CC(C)(CO)NCc1cc(Cl)ccc1OCc1ccccc1. The normalized spacial score (nSPS) is 11.5. The van der Waals surface area contributed by atoms with E-state index in [1.807, 2.05) is 62.4 Å². The maximum Gasteiger partial charge on any atom is 0.124 e. The van der Waals surface area contributed by atoms with E-state index in [9.17, 15) is 5.11 Å². The molecule has 0 aliphatic heterocycles. The van der Waals surface area contributed by atoms with Gasteiger partial charge in [0, 0.05) is 22.7 Å². The van der Waals surface area contributed by atoms with Gasteiger partial charge in [0.25, 0.3) is 0 Å². The summed E-state index contributed by atoms with van der Waals surface area (Å²) < 4.78 is 5.92. The van der Waals surface area contributed by atoms with Crippen LogP contribution in [0.2, 0.25) is 5.02 Å². The van der Waals surface area contributed by atoms with Crippen LogP contribution in [0.25, 0.3) is 0 Å². The van der Waals surface area contributed by atoms with Crippen molar-refractivity contribution in [3.8, 4) is 5.75 Å². The molecule has 2 aromatic rings. The summed E-state index contributed by atoms with van der Waals surface area (Å²) in [5.41, 5.74) is 1.75. The van der Waals surface area contributed by atoms with E-state index < -0.39 is 0 Å². The topological polar surface area (TPSA) is 41.5 Å². The molecule has 2 N–H and O–H groups in total. The number of hydrogen-bond acceptors (Lipinski definition) is 3. The number of rotatable bonds is 7. The van der Waals surface area contributed by atoms with Crippen molar-refractivity contribution in [1.82, 2.24) is 5.32 Å². The molecule has 0 aromatic heterocycles. The first-order valence-corrected chi connectivity index (χ1v) is 7.69. The van der Waals surface area contributed by atoms with Crippen molar-refractivity contribution in [1.29, 1.82) is 0 Å². The lowest BCUT2D eigenvalue weighted by Crippen LogP contribution is -2.42. The standard InChI is InChI=1S/C18H22ClNO2/c1-18(2,13-21)20-11-15-10-16(19)8-9-17(15)22-12-14-6-4-3-5-7-14/h3-10,20-21H,11-13H2,1-2H3. The number of aliphatic hydroxyl groups excluding tert-OH is 1. The van der Waals surface area contributed by atoms with Crippen molar-refractivity contribution in [2.75, 3.05) is 6.61 Å². The molecule has 0 saturated heterocycles. The zero-order valence-corrected chi connectivity index (χ0v) is 13.7. The van der Waals surface area contributed by atoms with Crippen LogP contribution in [0.15, 0.2) is 48.5 Å². The first-order chi connectivity index (χ1) is 10.5. The lowest BCUT2D eigenvalue weighted by molar-refractivity contribution is 0.186. The lowest BCUT2D eigenvalue weighted by atomic mass is 10.1. The molecule has 0 radical (unpaired) electrons. The molecule has 4 heteroatoms. The third-order valence-corrected chi connectivity index (χ3v) is 3.65. The van der Waals surface area contributed by atoms with E-state index in [4.69, 9.17) is 16.3 Å². The van der Waals surface area contributed by atoms with Crippen LogP contribution in [-0.4, -0.2) is 17.3 Å². The molecule has 0 saturated carbocycles. The number of nitrogens with one attached hydrogen (secondary N) is 1. The van der Waals surface area contributed by atoms with Crippen LogP contribution >= 0.6 is 11.6 Å². The third kappa shape index (κ3) is 5.02.